The van der Waals surface area contributed by atoms with Crippen LogP contribution in [0.3, 0.4) is 0 Å². The Morgan fingerprint density at radius 2 is 1.92 bits per heavy atom. The molecule has 1 amide bonds. The van der Waals surface area contributed by atoms with E-state index in [1.165, 1.54) is 6.07 Å². The summed E-state index contributed by atoms with van der Waals surface area (Å²) in [6, 6.07) is 3.90. The number of carbonyl (C=O) groups is 2. The largest absolute Gasteiger partial charge is 0.450 e. The molecule has 1 aromatic carbocycles. The molecule has 0 N–H and O–H groups in total. The van der Waals surface area contributed by atoms with Crippen molar-refractivity contribution in [2.24, 2.45) is 0 Å². The van der Waals surface area contributed by atoms with E-state index in [9.17, 15) is 22.8 Å². The standard InChI is InChI=1S/C26H31F3N2O5/c1-16-22(23(32)31-9-5-17-3-4-19(26(27,28)29)13-18(17)14-31)25(36-24(16)33)7-10-30(11-8-25)20-6-12-35-15-21(20)34-2/h3-4,13,20-21H,5-12,14-15H2,1-2H3/t20?,21-/m1/s1. The molecule has 2 saturated heterocycles. The molecule has 2 atom stereocenters. The van der Waals surface area contributed by atoms with Gasteiger partial charge in [0.2, 0.25) is 0 Å². The van der Waals surface area contributed by atoms with Gasteiger partial charge in [-0.05, 0) is 43.0 Å². The number of likely N-dealkylation sites (tertiary alicyclic amines) is 1. The molecular weight excluding hydrogens is 477 g/mol. The van der Waals surface area contributed by atoms with E-state index in [0.29, 0.717) is 68.8 Å². The number of fused-ring (bicyclic) bond motifs is 1. The minimum atomic E-state index is -4.45. The minimum Gasteiger partial charge on any atom is -0.450 e. The molecule has 5 rings (SSSR count). The first-order chi connectivity index (χ1) is 17.1. The lowest BCUT2D eigenvalue weighted by atomic mass is 9.81. The molecule has 36 heavy (non-hydrogen) atoms. The lowest BCUT2D eigenvalue weighted by molar-refractivity contribution is -0.154. The lowest BCUT2D eigenvalue weighted by Gasteiger charge is -2.46. The van der Waals surface area contributed by atoms with Gasteiger partial charge in [-0.15, -0.1) is 0 Å². The van der Waals surface area contributed by atoms with Gasteiger partial charge in [0.1, 0.15) is 5.60 Å². The molecule has 4 aliphatic rings. The van der Waals surface area contributed by atoms with Crippen molar-refractivity contribution in [3.63, 3.8) is 0 Å². The van der Waals surface area contributed by atoms with Crippen LogP contribution in [0, 0.1) is 0 Å². The first kappa shape index (κ1) is 25.2. The number of rotatable bonds is 3. The fraction of sp³-hybridized carbons (Fsp3) is 0.615. The van der Waals surface area contributed by atoms with Crippen LogP contribution in [0.15, 0.2) is 29.3 Å². The Kier molecular flexibility index (Phi) is 6.63. The number of carbonyl (C=O) groups excluding carboxylic acids is 2. The second kappa shape index (κ2) is 9.46. The van der Waals surface area contributed by atoms with E-state index >= 15 is 0 Å². The number of amides is 1. The number of methoxy groups -OCH3 is 1. The predicted molar refractivity (Wildman–Crippen MR) is 123 cm³/mol. The molecule has 4 heterocycles. The average Bonchev–Trinajstić information content (AvgIpc) is 3.11. The Labute approximate surface area is 208 Å². The van der Waals surface area contributed by atoms with E-state index < -0.39 is 23.3 Å². The summed E-state index contributed by atoms with van der Waals surface area (Å²) in [6.07, 6.45) is -2.22. The predicted octanol–water partition coefficient (Wildman–Crippen LogP) is 3.10. The number of benzene rings is 1. The van der Waals surface area contributed by atoms with Crippen LogP contribution in [0.5, 0.6) is 0 Å². The van der Waals surface area contributed by atoms with Crippen molar-refractivity contribution in [3.05, 3.63) is 46.0 Å². The summed E-state index contributed by atoms with van der Waals surface area (Å²) < 4.78 is 56.7. The van der Waals surface area contributed by atoms with Gasteiger partial charge in [0, 0.05) is 64.4 Å². The minimum absolute atomic E-state index is 0.0349. The molecule has 7 nitrogen and oxygen atoms in total. The summed E-state index contributed by atoms with van der Waals surface area (Å²) in [6.45, 7) is 4.53. The molecule has 4 aliphatic heterocycles. The molecule has 2 fully saturated rings. The Morgan fingerprint density at radius 3 is 2.61 bits per heavy atom. The zero-order valence-electron chi connectivity index (χ0n) is 20.5. The third-order valence-corrected chi connectivity index (χ3v) is 8.12. The van der Waals surface area contributed by atoms with Crippen molar-refractivity contribution in [2.45, 2.75) is 63.1 Å². The third-order valence-electron chi connectivity index (χ3n) is 8.12. The smallest absolute Gasteiger partial charge is 0.416 e. The van der Waals surface area contributed by atoms with Gasteiger partial charge in [0.25, 0.3) is 5.91 Å². The first-order valence-corrected chi connectivity index (χ1v) is 12.4. The molecule has 0 radical (unpaired) electrons. The Morgan fingerprint density at radius 1 is 1.17 bits per heavy atom. The summed E-state index contributed by atoms with van der Waals surface area (Å²) in [5.41, 5.74) is 0.223. The normalized spacial score (nSPS) is 26.8. The van der Waals surface area contributed by atoms with Crippen molar-refractivity contribution >= 4 is 11.9 Å². The highest BCUT2D eigenvalue weighted by Gasteiger charge is 2.52. The van der Waals surface area contributed by atoms with Gasteiger partial charge in [-0.25, -0.2) is 4.79 Å². The summed E-state index contributed by atoms with van der Waals surface area (Å²) in [5, 5.41) is 0. The van der Waals surface area contributed by atoms with Crippen LogP contribution in [0.2, 0.25) is 0 Å². The quantitative estimate of drug-likeness (QED) is 0.585. The SMILES string of the molecule is CO[C@@H]1COCCC1N1CCC2(CC1)OC(=O)C(C)=C2C(=O)N1CCc2ccc(C(F)(F)F)cc2C1. The highest BCUT2D eigenvalue weighted by atomic mass is 19.4. The fourth-order valence-corrected chi connectivity index (χ4v) is 6.08. The lowest BCUT2D eigenvalue weighted by Crippen LogP contribution is -2.56. The average molecular weight is 509 g/mol. The van der Waals surface area contributed by atoms with E-state index in [0.717, 1.165) is 24.1 Å². The molecule has 0 aromatic heterocycles. The third kappa shape index (κ3) is 4.43. The van der Waals surface area contributed by atoms with Gasteiger partial charge in [-0.3, -0.25) is 9.69 Å². The zero-order chi connectivity index (χ0) is 25.7. The monoisotopic (exact) mass is 508 g/mol. The number of ether oxygens (including phenoxy) is 3. The highest BCUT2D eigenvalue weighted by molar-refractivity contribution is 6.07. The summed E-state index contributed by atoms with van der Waals surface area (Å²) in [5.74, 6) is -0.819. The van der Waals surface area contributed by atoms with Gasteiger partial charge >= 0.3 is 12.1 Å². The number of halogens is 3. The molecule has 0 saturated carbocycles. The number of hydrogen-bond acceptors (Lipinski definition) is 6. The van der Waals surface area contributed by atoms with Crippen LogP contribution < -0.4 is 0 Å². The van der Waals surface area contributed by atoms with Gasteiger partial charge < -0.3 is 19.1 Å². The van der Waals surface area contributed by atoms with E-state index in [-0.39, 0.29) is 24.6 Å². The molecule has 0 aliphatic carbocycles. The molecule has 196 valence electrons. The second-order valence-electron chi connectivity index (χ2n) is 10.1. The molecule has 1 aromatic rings. The highest BCUT2D eigenvalue weighted by Crippen LogP contribution is 2.43. The maximum atomic E-state index is 13.8. The number of nitrogens with zero attached hydrogens (tertiary/aromatic N) is 2. The Balaban J connectivity index is 1.34. The fourth-order valence-electron chi connectivity index (χ4n) is 6.08. The van der Waals surface area contributed by atoms with Crippen LogP contribution >= 0.6 is 0 Å². The molecule has 0 bridgehead atoms. The molecule has 1 spiro atoms. The van der Waals surface area contributed by atoms with E-state index in [4.69, 9.17) is 14.2 Å². The Hall–Kier alpha value is -2.43. The van der Waals surface area contributed by atoms with Crippen LogP contribution in [0.25, 0.3) is 0 Å². The van der Waals surface area contributed by atoms with Gasteiger partial charge in [-0.1, -0.05) is 6.07 Å². The van der Waals surface area contributed by atoms with Gasteiger partial charge in [-0.2, -0.15) is 13.2 Å². The number of esters is 1. The zero-order valence-corrected chi connectivity index (χ0v) is 20.5. The van der Waals surface area contributed by atoms with Gasteiger partial charge in [0.15, 0.2) is 0 Å². The van der Waals surface area contributed by atoms with Crippen molar-refractivity contribution in [1.82, 2.24) is 9.80 Å². The summed E-state index contributed by atoms with van der Waals surface area (Å²) in [4.78, 5) is 30.3. The molecule has 1 unspecified atom stereocenters. The maximum absolute atomic E-state index is 13.8. The van der Waals surface area contributed by atoms with Crippen molar-refractivity contribution in [3.8, 4) is 0 Å². The van der Waals surface area contributed by atoms with Crippen LogP contribution in [0.4, 0.5) is 13.2 Å². The number of hydrogen-bond donors (Lipinski definition) is 0. The second-order valence-corrected chi connectivity index (χ2v) is 10.1. The van der Waals surface area contributed by atoms with Crippen molar-refractivity contribution < 1.29 is 37.0 Å². The van der Waals surface area contributed by atoms with E-state index in [1.54, 1.807) is 18.9 Å². The van der Waals surface area contributed by atoms with E-state index in [1.807, 2.05) is 0 Å². The van der Waals surface area contributed by atoms with Gasteiger partial charge in [0.05, 0.1) is 23.8 Å². The van der Waals surface area contributed by atoms with E-state index in [2.05, 4.69) is 4.90 Å². The van der Waals surface area contributed by atoms with Crippen LogP contribution in [0.1, 0.15) is 42.9 Å². The Bertz CT molecular complexity index is 1080. The molecular formula is C26H31F3N2O5. The number of piperidine rings is 1. The molecule has 10 heteroatoms. The van der Waals surface area contributed by atoms with Crippen LogP contribution in [-0.4, -0.2) is 79.4 Å². The summed E-state index contributed by atoms with van der Waals surface area (Å²) >= 11 is 0. The van der Waals surface area contributed by atoms with Crippen molar-refractivity contribution in [1.29, 1.82) is 0 Å². The maximum Gasteiger partial charge on any atom is 0.416 e. The van der Waals surface area contributed by atoms with Crippen LogP contribution in [-0.2, 0) is 42.9 Å². The summed E-state index contributed by atoms with van der Waals surface area (Å²) in [7, 11) is 1.67. The first-order valence-electron chi connectivity index (χ1n) is 12.4. The van der Waals surface area contributed by atoms with Crippen molar-refractivity contribution in [2.75, 3.05) is 40.0 Å². The topological polar surface area (TPSA) is 68.3 Å². The number of alkyl halides is 3.